The molecule has 1 atom stereocenters. The predicted molar refractivity (Wildman–Crippen MR) is 79.3 cm³/mol. The first kappa shape index (κ1) is 13.9. The summed E-state index contributed by atoms with van der Waals surface area (Å²) in [4.78, 5) is 4.62. The molecule has 1 fully saturated rings. The molecule has 1 saturated carbocycles. The van der Waals surface area contributed by atoms with E-state index in [0.29, 0.717) is 30.3 Å². The molecule has 7 nitrogen and oxygen atoms in total. The molecule has 2 aromatic rings. The van der Waals surface area contributed by atoms with Crippen molar-refractivity contribution in [2.75, 3.05) is 0 Å². The molecular weight excluding hydrogens is 280 g/mol. The molecule has 118 valence electrons. The molecule has 1 unspecified atom stereocenters. The number of aromatic nitrogens is 5. The van der Waals surface area contributed by atoms with Crippen LogP contribution in [0.5, 0.6) is 0 Å². The molecule has 1 aliphatic heterocycles. The van der Waals surface area contributed by atoms with Crippen molar-refractivity contribution in [3.05, 3.63) is 23.4 Å². The summed E-state index contributed by atoms with van der Waals surface area (Å²) < 4.78 is 7.73. The lowest BCUT2D eigenvalue weighted by molar-refractivity contribution is 0.337. The van der Waals surface area contributed by atoms with Gasteiger partial charge in [-0.2, -0.15) is 5.10 Å². The van der Waals surface area contributed by atoms with Gasteiger partial charge in [0.1, 0.15) is 5.82 Å². The quantitative estimate of drug-likeness (QED) is 0.906. The van der Waals surface area contributed by atoms with Crippen LogP contribution in [0.25, 0.3) is 0 Å². The minimum atomic E-state index is 0.378. The summed E-state index contributed by atoms with van der Waals surface area (Å²) in [6.07, 6.45) is 4.41. The van der Waals surface area contributed by atoms with E-state index in [1.54, 1.807) is 0 Å². The van der Waals surface area contributed by atoms with E-state index in [0.717, 1.165) is 36.9 Å². The molecule has 0 aromatic carbocycles. The fourth-order valence-corrected chi connectivity index (χ4v) is 2.80. The molecule has 0 amide bonds. The Kier molecular flexibility index (Phi) is 3.44. The maximum atomic E-state index is 5.68. The van der Waals surface area contributed by atoms with Crippen LogP contribution >= 0.6 is 0 Å². The molecule has 0 saturated heterocycles. The molecule has 0 bridgehead atoms. The van der Waals surface area contributed by atoms with Crippen LogP contribution in [0.15, 0.2) is 4.42 Å². The highest BCUT2D eigenvalue weighted by Gasteiger charge is 2.29. The lowest BCUT2D eigenvalue weighted by Gasteiger charge is -2.22. The van der Waals surface area contributed by atoms with Gasteiger partial charge in [-0.3, -0.25) is 0 Å². The minimum absolute atomic E-state index is 0.378. The first-order valence-corrected chi connectivity index (χ1v) is 8.18. The van der Waals surface area contributed by atoms with Crippen molar-refractivity contribution in [1.29, 1.82) is 0 Å². The third kappa shape index (κ3) is 2.77. The van der Waals surface area contributed by atoms with Crippen molar-refractivity contribution >= 4 is 0 Å². The van der Waals surface area contributed by atoms with Gasteiger partial charge in [-0.15, -0.1) is 10.2 Å². The van der Waals surface area contributed by atoms with Gasteiger partial charge in [0.15, 0.2) is 5.82 Å². The minimum Gasteiger partial charge on any atom is -0.424 e. The van der Waals surface area contributed by atoms with E-state index in [4.69, 9.17) is 4.42 Å². The van der Waals surface area contributed by atoms with Crippen LogP contribution in [-0.4, -0.2) is 31.0 Å². The van der Waals surface area contributed by atoms with Gasteiger partial charge >= 0.3 is 0 Å². The predicted octanol–water partition coefficient (Wildman–Crippen LogP) is 1.77. The van der Waals surface area contributed by atoms with E-state index >= 15 is 0 Å². The average molecular weight is 302 g/mol. The van der Waals surface area contributed by atoms with E-state index in [-0.39, 0.29) is 0 Å². The monoisotopic (exact) mass is 302 g/mol. The molecule has 2 aromatic heterocycles. The Hall–Kier alpha value is -1.76. The fourth-order valence-electron chi connectivity index (χ4n) is 2.80. The van der Waals surface area contributed by atoms with Crippen molar-refractivity contribution in [3.63, 3.8) is 0 Å². The van der Waals surface area contributed by atoms with Crippen molar-refractivity contribution in [2.45, 2.75) is 70.5 Å². The maximum Gasteiger partial charge on any atom is 0.230 e. The maximum absolute atomic E-state index is 5.68. The SMILES string of the molecule is CC(C)c1nc2n(n1)CC(NCc1nnc(C3CC3)o1)CC2. The molecule has 22 heavy (non-hydrogen) atoms. The third-order valence-corrected chi connectivity index (χ3v) is 4.34. The summed E-state index contributed by atoms with van der Waals surface area (Å²) in [6.45, 7) is 5.75. The zero-order valence-corrected chi connectivity index (χ0v) is 13.1. The lowest BCUT2D eigenvalue weighted by Crippen LogP contribution is -2.37. The van der Waals surface area contributed by atoms with Crippen molar-refractivity contribution in [1.82, 2.24) is 30.3 Å². The molecule has 1 aliphatic carbocycles. The summed E-state index contributed by atoms with van der Waals surface area (Å²) in [5.74, 6) is 4.44. The van der Waals surface area contributed by atoms with E-state index < -0.39 is 0 Å². The largest absolute Gasteiger partial charge is 0.424 e. The number of nitrogens with zero attached hydrogens (tertiary/aromatic N) is 5. The standard InChI is InChI=1S/C15H22N6O/c1-9(2)14-17-12-6-5-11(8-21(12)20-14)16-7-13-18-19-15(22-13)10-3-4-10/h9-11,16H,3-8H2,1-2H3. The van der Waals surface area contributed by atoms with Gasteiger partial charge in [0.25, 0.3) is 0 Å². The highest BCUT2D eigenvalue weighted by molar-refractivity contribution is 5.02. The normalized spacial score (nSPS) is 21.3. The lowest BCUT2D eigenvalue weighted by atomic mass is 10.1. The summed E-state index contributed by atoms with van der Waals surface area (Å²) in [5.41, 5.74) is 0. The van der Waals surface area contributed by atoms with Crippen LogP contribution in [0, 0.1) is 0 Å². The number of hydrogen-bond donors (Lipinski definition) is 1. The van der Waals surface area contributed by atoms with Crippen LogP contribution in [0.4, 0.5) is 0 Å². The molecule has 1 N–H and O–H groups in total. The Morgan fingerprint density at radius 3 is 2.91 bits per heavy atom. The number of hydrogen-bond acceptors (Lipinski definition) is 6. The summed E-state index contributed by atoms with van der Waals surface area (Å²) in [6, 6.07) is 0.380. The number of fused-ring (bicyclic) bond motifs is 1. The van der Waals surface area contributed by atoms with Gasteiger partial charge < -0.3 is 9.73 Å². The highest BCUT2D eigenvalue weighted by Crippen LogP contribution is 2.38. The van der Waals surface area contributed by atoms with Crippen LogP contribution in [-0.2, 0) is 19.5 Å². The van der Waals surface area contributed by atoms with Crippen molar-refractivity contribution in [2.24, 2.45) is 0 Å². The molecular formula is C15H22N6O. The van der Waals surface area contributed by atoms with E-state index in [1.807, 2.05) is 4.68 Å². The van der Waals surface area contributed by atoms with Crippen molar-refractivity contribution in [3.8, 4) is 0 Å². The molecule has 3 heterocycles. The molecule has 2 aliphatic rings. The Bertz CT molecular complexity index is 657. The number of aryl methyl sites for hydroxylation is 1. The van der Waals surface area contributed by atoms with Crippen LogP contribution in [0.1, 0.15) is 68.4 Å². The first-order valence-electron chi connectivity index (χ1n) is 8.18. The van der Waals surface area contributed by atoms with Gasteiger partial charge in [0, 0.05) is 24.3 Å². The molecule has 0 radical (unpaired) electrons. The van der Waals surface area contributed by atoms with E-state index in [9.17, 15) is 0 Å². The van der Waals surface area contributed by atoms with E-state index in [2.05, 4.69) is 39.4 Å². The van der Waals surface area contributed by atoms with Crippen molar-refractivity contribution < 1.29 is 4.42 Å². The highest BCUT2D eigenvalue weighted by atomic mass is 16.4. The molecule has 0 spiro atoms. The second-order valence-electron chi connectivity index (χ2n) is 6.65. The summed E-state index contributed by atoms with van der Waals surface area (Å²) >= 11 is 0. The number of nitrogens with one attached hydrogen (secondary N) is 1. The van der Waals surface area contributed by atoms with Gasteiger partial charge in [-0.05, 0) is 19.3 Å². The Labute approximate surface area is 129 Å². The van der Waals surface area contributed by atoms with Crippen LogP contribution in [0.3, 0.4) is 0 Å². The third-order valence-electron chi connectivity index (χ3n) is 4.34. The second kappa shape index (κ2) is 5.46. The number of rotatable bonds is 5. The Balaban J connectivity index is 1.35. The van der Waals surface area contributed by atoms with Crippen LogP contribution < -0.4 is 5.32 Å². The van der Waals surface area contributed by atoms with Gasteiger partial charge in [-0.25, -0.2) is 9.67 Å². The first-order chi connectivity index (χ1) is 10.7. The average Bonchev–Trinajstić information content (AvgIpc) is 3.10. The molecule has 4 rings (SSSR count). The van der Waals surface area contributed by atoms with E-state index in [1.165, 1.54) is 12.8 Å². The van der Waals surface area contributed by atoms with Gasteiger partial charge in [-0.1, -0.05) is 13.8 Å². The Morgan fingerprint density at radius 2 is 2.14 bits per heavy atom. The summed E-state index contributed by atoms with van der Waals surface area (Å²) in [7, 11) is 0. The van der Waals surface area contributed by atoms with Gasteiger partial charge in [0.05, 0.1) is 13.1 Å². The zero-order valence-electron chi connectivity index (χ0n) is 13.1. The van der Waals surface area contributed by atoms with Crippen LogP contribution in [0.2, 0.25) is 0 Å². The topological polar surface area (TPSA) is 81.7 Å². The summed E-state index contributed by atoms with van der Waals surface area (Å²) in [5, 5.41) is 16.3. The second-order valence-corrected chi connectivity index (χ2v) is 6.65. The smallest absolute Gasteiger partial charge is 0.230 e. The van der Waals surface area contributed by atoms with Gasteiger partial charge in [0.2, 0.25) is 11.8 Å². The molecule has 7 heteroatoms. The fraction of sp³-hybridized carbons (Fsp3) is 0.733. The zero-order chi connectivity index (χ0) is 15.1. The Morgan fingerprint density at radius 1 is 1.27 bits per heavy atom.